The molecule has 1 rings (SSSR count). The summed E-state index contributed by atoms with van der Waals surface area (Å²) in [4.78, 5) is 17.3. The van der Waals surface area contributed by atoms with Crippen LogP contribution < -0.4 is 16.5 Å². The maximum Gasteiger partial charge on any atom is 0.265 e. The van der Waals surface area contributed by atoms with Crippen LogP contribution in [0.3, 0.4) is 0 Å². The molecule has 0 radical (unpaired) electrons. The number of nitrogens with two attached hydrogens (primary N) is 1. The van der Waals surface area contributed by atoms with Crippen LogP contribution in [0.4, 0.5) is 0 Å². The lowest BCUT2D eigenvalue weighted by molar-refractivity contribution is -0.151. The number of hydrogen-bond acceptors (Lipinski definition) is 6. The van der Waals surface area contributed by atoms with Gasteiger partial charge in [-0.25, -0.2) is 13.9 Å². The molecular weight excluding hydrogens is 374 g/mol. The van der Waals surface area contributed by atoms with Gasteiger partial charge in [0.25, 0.3) is 15.9 Å². The van der Waals surface area contributed by atoms with Gasteiger partial charge >= 0.3 is 0 Å². The minimum absolute atomic E-state index is 0.00170. The Morgan fingerprint density at radius 2 is 2.07 bits per heavy atom. The number of amides is 1. The average molecular weight is 397 g/mol. The highest BCUT2D eigenvalue weighted by molar-refractivity contribution is 7.89. The second-order valence-electron chi connectivity index (χ2n) is 5.25. The minimum atomic E-state index is -4.21. The molecule has 0 aliphatic rings. The van der Waals surface area contributed by atoms with Crippen molar-refractivity contribution in [1.29, 1.82) is 5.41 Å². The highest BCUT2D eigenvalue weighted by Crippen LogP contribution is 2.21. The van der Waals surface area contributed by atoms with Gasteiger partial charge in [-0.15, -0.1) is 5.92 Å². The van der Waals surface area contributed by atoms with Crippen LogP contribution in [0.1, 0.15) is 19.8 Å². The van der Waals surface area contributed by atoms with Gasteiger partial charge in [-0.3, -0.25) is 20.2 Å². The summed E-state index contributed by atoms with van der Waals surface area (Å²) in [5.74, 6) is 3.93. The number of hydrogen-bond donors (Lipinski definition) is 5. The molecule has 0 bridgehead atoms. The van der Waals surface area contributed by atoms with Gasteiger partial charge in [0.2, 0.25) is 0 Å². The number of carbonyl (C=O) groups is 1. The summed E-state index contributed by atoms with van der Waals surface area (Å²) in [5, 5.41) is 18.7. The van der Waals surface area contributed by atoms with Crippen LogP contribution in [0.2, 0.25) is 0 Å². The van der Waals surface area contributed by atoms with Crippen LogP contribution in [0, 0.1) is 17.3 Å². The number of benzene rings is 1. The highest BCUT2D eigenvalue weighted by Gasteiger charge is 2.37. The molecule has 6 N–H and O–H groups in total. The summed E-state index contributed by atoms with van der Waals surface area (Å²) in [6, 6.07) is 6.10. The summed E-state index contributed by atoms with van der Waals surface area (Å²) in [6.45, 7) is 1.53. The third-order valence-electron chi connectivity index (χ3n) is 3.36. The second kappa shape index (κ2) is 11.1. The highest BCUT2D eigenvalue weighted by atomic mass is 32.2. The van der Waals surface area contributed by atoms with Gasteiger partial charge in [0, 0.05) is 6.54 Å². The van der Waals surface area contributed by atoms with Crippen LogP contribution >= 0.6 is 0 Å². The Morgan fingerprint density at radius 3 is 2.63 bits per heavy atom. The molecule has 0 spiro atoms. The lowest BCUT2D eigenvalue weighted by atomic mass is 10.1. The average Bonchev–Trinajstić information content (AvgIpc) is 2.66. The van der Waals surface area contributed by atoms with Crippen LogP contribution in [-0.4, -0.2) is 49.2 Å². The predicted octanol–water partition coefficient (Wildman–Crippen LogP) is -0.231. The van der Waals surface area contributed by atoms with Gasteiger partial charge in [-0.2, -0.15) is 0 Å². The van der Waals surface area contributed by atoms with E-state index in [-0.39, 0.29) is 36.8 Å². The molecule has 148 valence electrons. The van der Waals surface area contributed by atoms with E-state index in [0.29, 0.717) is 4.47 Å². The van der Waals surface area contributed by atoms with E-state index in [9.17, 15) is 13.2 Å². The number of hydroxylamine groups is 2. The van der Waals surface area contributed by atoms with Crippen LogP contribution in [-0.2, 0) is 19.7 Å². The zero-order chi connectivity index (χ0) is 20.3. The Hall–Kier alpha value is -2.65. The number of nitrogens with zero attached hydrogens (tertiary/aromatic N) is 1. The molecule has 1 aromatic rings. The van der Waals surface area contributed by atoms with E-state index < -0.39 is 22.0 Å². The SMILES string of the molecule is CC#CCON(C(CCCNC(=N)N)C(=O)NO)S(=O)(=O)c1ccccc1. The van der Waals surface area contributed by atoms with Crippen molar-refractivity contribution in [3.05, 3.63) is 30.3 Å². The van der Waals surface area contributed by atoms with Gasteiger partial charge < -0.3 is 11.1 Å². The fourth-order valence-electron chi connectivity index (χ4n) is 2.12. The van der Waals surface area contributed by atoms with E-state index in [1.807, 2.05) is 0 Å². The smallest absolute Gasteiger partial charge is 0.265 e. The Labute approximate surface area is 158 Å². The Morgan fingerprint density at radius 1 is 1.41 bits per heavy atom. The molecule has 1 amide bonds. The zero-order valence-electron chi connectivity index (χ0n) is 14.8. The summed E-state index contributed by atoms with van der Waals surface area (Å²) in [7, 11) is -4.21. The summed E-state index contributed by atoms with van der Waals surface area (Å²) >= 11 is 0. The molecule has 0 aliphatic carbocycles. The molecule has 0 saturated carbocycles. The van der Waals surface area contributed by atoms with Gasteiger partial charge in [-0.1, -0.05) is 28.6 Å². The van der Waals surface area contributed by atoms with Crippen LogP contribution in [0.25, 0.3) is 0 Å². The molecule has 10 nitrogen and oxygen atoms in total. The molecular formula is C16H23N5O5S. The van der Waals surface area contributed by atoms with E-state index in [0.717, 1.165) is 0 Å². The van der Waals surface area contributed by atoms with E-state index >= 15 is 0 Å². The maximum absolute atomic E-state index is 13.0. The molecule has 11 heteroatoms. The maximum atomic E-state index is 13.0. The first-order valence-corrected chi connectivity index (χ1v) is 9.42. The monoisotopic (exact) mass is 397 g/mol. The van der Waals surface area contributed by atoms with Gasteiger partial charge in [0.05, 0.1) is 4.90 Å². The summed E-state index contributed by atoms with van der Waals surface area (Å²) in [5.41, 5.74) is 6.65. The van der Waals surface area contributed by atoms with Crippen LogP contribution in [0.5, 0.6) is 0 Å². The molecule has 1 atom stereocenters. The zero-order valence-corrected chi connectivity index (χ0v) is 15.6. The van der Waals surface area contributed by atoms with Gasteiger partial charge in [0.15, 0.2) is 5.96 Å². The lowest BCUT2D eigenvalue weighted by Crippen LogP contribution is -2.49. The number of rotatable bonds is 10. The first-order chi connectivity index (χ1) is 12.8. The summed E-state index contributed by atoms with van der Waals surface area (Å²) < 4.78 is 26.4. The molecule has 0 heterocycles. The number of sulfonamides is 1. The van der Waals surface area contributed by atoms with Gasteiger partial charge in [0.1, 0.15) is 12.6 Å². The Kier molecular flexibility index (Phi) is 9.24. The van der Waals surface area contributed by atoms with E-state index in [1.54, 1.807) is 13.0 Å². The molecule has 27 heavy (non-hydrogen) atoms. The molecule has 0 aliphatic heterocycles. The minimum Gasteiger partial charge on any atom is -0.370 e. The standard InChI is InChI=1S/C16H23N5O5S/c1-2-3-12-26-21(27(24,25)13-8-5-4-6-9-13)14(15(22)20-23)10-7-11-19-16(17)18/h4-6,8-9,14,23H,7,10-12H2,1H3,(H,20,22)(H4,17,18,19). The normalized spacial score (nSPS) is 12.0. The summed E-state index contributed by atoms with van der Waals surface area (Å²) in [6.07, 6.45) is 0.277. The fraction of sp³-hybridized carbons (Fsp3) is 0.375. The van der Waals surface area contributed by atoms with Crippen molar-refractivity contribution >= 4 is 21.9 Å². The largest absolute Gasteiger partial charge is 0.370 e. The third-order valence-corrected chi connectivity index (χ3v) is 5.06. The van der Waals surface area contributed by atoms with E-state index in [1.165, 1.54) is 29.7 Å². The molecule has 0 saturated heterocycles. The third kappa shape index (κ3) is 6.87. The van der Waals surface area contributed by atoms with E-state index in [4.69, 9.17) is 21.2 Å². The molecule has 1 unspecified atom stereocenters. The number of guanidine groups is 1. The van der Waals surface area contributed by atoms with Crippen molar-refractivity contribution in [2.75, 3.05) is 13.2 Å². The topological polar surface area (TPSA) is 158 Å². The lowest BCUT2D eigenvalue weighted by Gasteiger charge is -2.27. The predicted molar refractivity (Wildman–Crippen MR) is 97.7 cm³/mol. The number of nitrogens with one attached hydrogen (secondary N) is 3. The first kappa shape index (κ1) is 22.4. The van der Waals surface area contributed by atoms with Crippen molar-refractivity contribution in [1.82, 2.24) is 15.3 Å². The van der Waals surface area contributed by atoms with Crippen molar-refractivity contribution in [2.24, 2.45) is 5.73 Å². The van der Waals surface area contributed by atoms with Gasteiger partial charge in [-0.05, 0) is 31.9 Å². The number of carbonyl (C=O) groups excluding carboxylic acids is 1. The second-order valence-corrected chi connectivity index (χ2v) is 7.03. The van der Waals surface area contributed by atoms with Crippen LogP contribution in [0.15, 0.2) is 35.2 Å². The quantitative estimate of drug-likeness (QED) is 0.0911. The fourth-order valence-corrected chi connectivity index (χ4v) is 3.55. The van der Waals surface area contributed by atoms with Crippen molar-refractivity contribution < 1.29 is 23.3 Å². The molecule has 1 aromatic carbocycles. The van der Waals surface area contributed by atoms with Crippen molar-refractivity contribution in [3.8, 4) is 11.8 Å². The van der Waals surface area contributed by atoms with Crippen molar-refractivity contribution in [3.63, 3.8) is 0 Å². The molecule has 0 aromatic heterocycles. The van der Waals surface area contributed by atoms with Crippen molar-refractivity contribution in [2.45, 2.75) is 30.7 Å². The first-order valence-electron chi connectivity index (χ1n) is 7.98. The Balaban J connectivity index is 3.15. The Bertz CT molecular complexity index is 788. The molecule has 0 fully saturated rings. The van der Waals surface area contributed by atoms with E-state index in [2.05, 4.69) is 17.2 Å².